The van der Waals surface area contributed by atoms with Gasteiger partial charge in [0.1, 0.15) is 5.75 Å². The number of benzene rings is 1. The zero-order valence-corrected chi connectivity index (χ0v) is 10.3. The number of allylic oxidation sites excluding steroid dienone is 1. The Morgan fingerprint density at radius 3 is 2.38 bits per heavy atom. The van der Waals surface area contributed by atoms with E-state index in [4.69, 9.17) is 9.84 Å². The van der Waals surface area contributed by atoms with E-state index in [9.17, 15) is 4.79 Å². The van der Waals surface area contributed by atoms with Gasteiger partial charge in [0.25, 0.3) is 0 Å². The fourth-order valence-electron chi connectivity index (χ4n) is 0.867. The van der Waals surface area contributed by atoms with Crippen molar-refractivity contribution in [3.63, 3.8) is 0 Å². The number of hydrogen-bond acceptors (Lipinski definition) is 3. The minimum atomic E-state index is -0.851. The largest absolute Gasteiger partial charge is 0.497 e. The molecule has 0 saturated heterocycles. The predicted octanol–water partition coefficient (Wildman–Crippen LogP) is 3.80. The number of methoxy groups -OCH3 is 1. The maximum absolute atomic E-state index is 10.2. The molecule has 1 aromatic carbocycles. The van der Waals surface area contributed by atoms with Crippen molar-refractivity contribution in [1.82, 2.24) is 0 Å². The Hall–Kier alpha value is -1.42. The summed E-state index contributed by atoms with van der Waals surface area (Å²) in [6.45, 7) is 5.25. The molecule has 16 heavy (non-hydrogen) atoms. The molecule has 0 aliphatic carbocycles. The number of rotatable bonds is 3. The molecule has 0 fully saturated rings. The topological polar surface area (TPSA) is 46.5 Å². The maximum atomic E-state index is 10.2. The van der Waals surface area contributed by atoms with Crippen molar-refractivity contribution in [2.75, 3.05) is 7.11 Å². The van der Waals surface area contributed by atoms with E-state index in [1.807, 2.05) is 31.2 Å². The van der Waals surface area contributed by atoms with Crippen molar-refractivity contribution < 1.29 is 14.6 Å². The molecule has 0 amide bonds. The molecular weight excluding hydrogens is 224 g/mol. The average molecular weight is 240 g/mol. The first kappa shape index (κ1) is 14.6. The summed E-state index contributed by atoms with van der Waals surface area (Å²) in [5, 5.41) is 7.56. The smallest absolute Gasteiger partial charge is 0.365 e. The van der Waals surface area contributed by atoms with E-state index in [0.717, 1.165) is 23.1 Å². The van der Waals surface area contributed by atoms with Gasteiger partial charge in [0.05, 0.1) is 7.11 Å². The van der Waals surface area contributed by atoms with E-state index < -0.39 is 5.30 Å². The van der Waals surface area contributed by atoms with Crippen LogP contribution in [0.4, 0.5) is 4.79 Å². The molecule has 1 aromatic rings. The summed E-state index contributed by atoms with van der Waals surface area (Å²) in [5.74, 6) is 1.27. The highest BCUT2D eigenvalue weighted by Gasteiger charge is 1.99. The third-order valence-electron chi connectivity index (χ3n) is 1.52. The molecule has 0 bridgehead atoms. The van der Waals surface area contributed by atoms with E-state index in [2.05, 4.69) is 6.58 Å². The van der Waals surface area contributed by atoms with E-state index in [1.165, 1.54) is 0 Å². The number of thioether (sulfide) groups is 1. The van der Waals surface area contributed by atoms with Crippen molar-refractivity contribution >= 4 is 17.1 Å². The van der Waals surface area contributed by atoms with Gasteiger partial charge in [-0.2, -0.15) is 0 Å². The highest BCUT2D eigenvalue weighted by Crippen LogP contribution is 2.16. The normalized spacial score (nSPS) is 8.62. The summed E-state index contributed by atoms with van der Waals surface area (Å²) in [6, 6.07) is 7.35. The van der Waals surface area contributed by atoms with Crippen LogP contribution in [0.5, 0.6) is 5.75 Å². The molecule has 0 heterocycles. The van der Waals surface area contributed by atoms with Gasteiger partial charge in [0.2, 0.25) is 0 Å². The Morgan fingerprint density at radius 2 is 2.00 bits per heavy atom. The van der Waals surface area contributed by atoms with Gasteiger partial charge in [-0.15, -0.1) is 6.58 Å². The van der Waals surface area contributed by atoms with Crippen LogP contribution in [0.2, 0.25) is 0 Å². The van der Waals surface area contributed by atoms with Crippen LogP contribution >= 0.6 is 11.8 Å². The highest BCUT2D eigenvalue weighted by molar-refractivity contribution is 8.12. The number of hydrogen-bond donors (Lipinski definition) is 1. The summed E-state index contributed by atoms with van der Waals surface area (Å²) in [7, 11) is 1.60. The van der Waals surface area contributed by atoms with Gasteiger partial charge in [-0.3, -0.25) is 0 Å². The van der Waals surface area contributed by atoms with Crippen LogP contribution in [0.25, 0.3) is 0 Å². The lowest BCUT2D eigenvalue weighted by molar-refractivity contribution is 0.222. The fourth-order valence-corrected chi connectivity index (χ4v) is 1.35. The molecule has 0 saturated carbocycles. The van der Waals surface area contributed by atoms with Gasteiger partial charge in [-0.25, -0.2) is 4.79 Å². The molecule has 0 aromatic heterocycles. The quantitative estimate of drug-likeness (QED) is 0.816. The Balaban J connectivity index is 0.000000673. The molecule has 0 aliphatic heterocycles. The van der Waals surface area contributed by atoms with E-state index in [1.54, 1.807) is 13.2 Å². The molecule has 4 heteroatoms. The van der Waals surface area contributed by atoms with Crippen LogP contribution in [-0.2, 0) is 5.75 Å². The first-order valence-corrected chi connectivity index (χ1v) is 5.68. The lowest BCUT2D eigenvalue weighted by Crippen LogP contribution is -1.87. The van der Waals surface area contributed by atoms with Crippen LogP contribution < -0.4 is 4.74 Å². The van der Waals surface area contributed by atoms with Crippen LogP contribution in [0.15, 0.2) is 36.9 Å². The molecule has 3 nitrogen and oxygen atoms in total. The number of carbonyl (C=O) groups is 1. The number of carboxylic acid groups (broad SMARTS) is 1. The van der Waals surface area contributed by atoms with Gasteiger partial charge in [-0.05, 0) is 36.4 Å². The Kier molecular flexibility index (Phi) is 8.07. The Bertz CT molecular complexity index is 320. The van der Waals surface area contributed by atoms with E-state index in [0.29, 0.717) is 5.75 Å². The SMILES string of the molecule is C=CC.COc1ccc(CSC(=O)O)cc1. The summed E-state index contributed by atoms with van der Waals surface area (Å²) in [5.41, 5.74) is 0.980. The van der Waals surface area contributed by atoms with E-state index >= 15 is 0 Å². The first-order chi connectivity index (χ1) is 7.63. The third-order valence-corrected chi connectivity index (χ3v) is 2.25. The second-order valence-corrected chi connectivity index (χ2v) is 3.74. The van der Waals surface area contributed by atoms with Crippen molar-refractivity contribution in [3.8, 4) is 5.75 Å². The minimum absolute atomic E-state index is 0.485. The molecule has 1 rings (SSSR count). The highest BCUT2D eigenvalue weighted by atomic mass is 32.2. The van der Waals surface area contributed by atoms with Gasteiger partial charge >= 0.3 is 5.30 Å². The van der Waals surface area contributed by atoms with E-state index in [-0.39, 0.29) is 0 Å². The Labute approximate surface area is 100 Å². The maximum Gasteiger partial charge on any atom is 0.365 e. The van der Waals surface area contributed by atoms with Gasteiger partial charge < -0.3 is 9.84 Å². The second-order valence-electron chi connectivity index (χ2n) is 2.81. The molecule has 0 aliphatic rings. The van der Waals surface area contributed by atoms with Crippen molar-refractivity contribution in [1.29, 1.82) is 0 Å². The van der Waals surface area contributed by atoms with Gasteiger partial charge in [0.15, 0.2) is 0 Å². The molecule has 88 valence electrons. The summed E-state index contributed by atoms with van der Waals surface area (Å²) < 4.78 is 4.97. The molecule has 0 radical (unpaired) electrons. The molecule has 0 spiro atoms. The zero-order valence-electron chi connectivity index (χ0n) is 9.47. The number of ether oxygens (including phenoxy) is 1. The van der Waals surface area contributed by atoms with Crippen molar-refractivity contribution in [2.24, 2.45) is 0 Å². The zero-order chi connectivity index (χ0) is 12.4. The van der Waals surface area contributed by atoms with Crippen molar-refractivity contribution in [2.45, 2.75) is 12.7 Å². The molecule has 0 atom stereocenters. The summed E-state index contributed by atoms with van der Waals surface area (Å²) in [4.78, 5) is 10.2. The van der Waals surface area contributed by atoms with Crippen LogP contribution in [0.1, 0.15) is 12.5 Å². The van der Waals surface area contributed by atoms with Crippen LogP contribution in [0.3, 0.4) is 0 Å². The summed E-state index contributed by atoms with van der Waals surface area (Å²) >= 11 is 0.874. The second kappa shape index (κ2) is 8.85. The lowest BCUT2D eigenvalue weighted by atomic mass is 10.2. The molecule has 1 N–H and O–H groups in total. The monoisotopic (exact) mass is 240 g/mol. The summed E-state index contributed by atoms with van der Waals surface area (Å²) in [6.07, 6.45) is 1.75. The predicted molar refractivity (Wildman–Crippen MR) is 68.2 cm³/mol. The van der Waals surface area contributed by atoms with Crippen molar-refractivity contribution in [3.05, 3.63) is 42.5 Å². The fraction of sp³-hybridized carbons (Fsp3) is 0.250. The van der Waals surface area contributed by atoms with Gasteiger partial charge in [-0.1, -0.05) is 18.2 Å². The minimum Gasteiger partial charge on any atom is -0.497 e. The average Bonchev–Trinajstić information content (AvgIpc) is 2.28. The first-order valence-electron chi connectivity index (χ1n) is 4.69. The molecular formula is C12H16O3S. The molecule has 0 unspecified atom stereocenters. The van der Waals surface area contributed by atoms with Crippen LogP contribution in [-0.4, -0.2) is 17.5 Å². The standard InChI is InChI=1S/C9H10O3S.C3H6/c1-12-8-4-2-7(3-5-8)6-13-9(10)11;1-3-2/h2-5H,6H2,1H3,(H,10,11);3H,1H2,2H3. The van der Waals surface area contributed by atoms with Crippen LogP contribution in [0, 0.1) is 0 Å². The van der Waals surface area contributed by atoms with Gasteiger partial charge in [0, 0.05) is 5.75 Å². The Morgan fingerprint density at radius 1 is 1.50 bits per heavy atom. The lowest BCUT2D eigenvalue weighted by Gasteiger charge is -2.00. The third kappa shape index (κ3) is 6.95.